The van der Waals surface area contributed by atoms with Gasteiger partial charge in [-0.3, -0.25) is 14.6 Å². The zero-order valence-corrected chi connectivity index (χ0v) is 16.4. The van der Waals surface area contributed by atoms with Crippen molar-refractivity contribution in [3.8, 4) is 0 Å². The predicted molar refractivity (Wildman–Crippen MR) is 110 cm³/mol. The van der Waals surface area contributed by atoms with Crippen LogP contribution >= 0.6 is 0 Å². The van der Waals surface area contributed by atoms with Crippen molar-refractivity contribution in [2.75, 3.05) is 13.1 Å². The number of halogens is 1. The quantitative estimate of drug-likeness (QED) is 0.668. The van der Waals surface area contributed by atoms with Crippen LogP contribution in [0.1, 0.15) is 58.5 Å². The molecule has 29 heavy (non-hydrogen) atoms. The van der Waals surface area contributed by atoms with E-state index in [1.165, 1.54) is 42.8 Å². The Balaban J connectivity index is 1.47. The van der Waals surface area contributed by atoms with Crippen molar-refractivity contribution in [3.63, 3.8) is 0 Å². The molecule has 1 aliphatic rings. The van der Waals surface area contributed by atoms with E-state index in [0.29, 0.717) is 25.1 Å². The fourth-order valence-electron chi connectivity index (χ4n) is 3.33. The number of nitrogens with one attached hydrogen (secondary N) is 2. The molecule has 0 saturated heterocycles. The summed E-state index contributed by atoms with van der Waals surface area (Å²) in [6.07, 6.45) is 9.92. The van der Waals surface area contributed by atoms with Gasteiger partial charge in [0.05, 0.1) is 0 Å². The fourth-order valence-corrected chi connectivity index (χ4v) is 3.33. The third-order valence-electron chi connectivity index (χ3n) is 4.98. The van der Waals surface area contributed by atoms with E-state index in [1.54, 1.807) is 18.2 Å². The number of hydrogen-bond acceptors (Lipinski definition) is 3. The summed E-state index contributed by atoms with van der Waals surface area (Å²) in [5, 5.41) is 5.69. The van der Waals surface area contributed by atoms with Crippen molar-refractivity contribution < 1.29 is 14.0 Å². The Morgan fingerprint density at radius 2 is 1.72 bits per heavy atom. The average molecular weight is 395 g/mol. The summed E-state index contributed by atoms with van der Waals surface area (Å²) in [5.74, 6) is -0.828. The molecule has 152 valence electrons. The minimum Gasteiger partial charge on any atom is -0.352 e. The summed E-state index contributed by atoms with van der Waals surface area (Å²) in [7, 11) is 0. The second kappa shape index (κ2) is 10.5. The van der Waals surface area contributed by atoms with Crippen molar-refractivity contribution in [1.82, 2.24) is 15.6 Å². The number of pyridine rings is 1. The highest BCUT2D eigenvalue weighted by Gasteiger charge is 2.12. The van der Waals surface area contributed by atoms with Gasteiger partial charge in [-0.15, -0.1) is 0 Å². The SMILES string of the molecule is O=C(NCCC1=CCCCC1)c1ccnc(C(=O)NCCc2ccc(F)cc2)c1. The van der Waals surface area contributed by atoms with Crippen LogP contribution in [0.25, 0.3) is 0 Å². The van der Waals surface area contributed by atoms with E-state index in [1.807, 2.05) is 0 Å². The van der Waals surface area contributed by atoms with Gasteiger partial charge in [-0.05, 0) is 68.4 Å². The molecule has 0 spiro atoms. The van der Waals surface area contributed by atoms with Crippen LogP contribution in [0, 0.1) is 5.82 Å². The fraction of sp³-hybridized carbons (Fsp3) is 0.348. The van der Waals surface area contributed by atoms with Gasteiger partial charge in [-0.2, -0.15) is 0 Å². The number of nitrogens with zero attached hydrogens (tertiary/aromatic N) is 1. The number of allylic oxidation sites excluding steroid dienone is 1. The van der Waals surface area contributed by atoms with Gasteiger partial charge < -0.3 is 10.6 Å². The third-order valence-corrected chi connectivity index (χ3v) is 4.98. The summed E-state index contributed by atoms with van der Waals surface area (Å²) in [6, 6.07) is 9.27. The summed E-state index contributed by atoms with van der Waals surface area (Å²) in [4.78, 5) is 28.7. The topological polar surface area (TPSA) is 71.1 Å². The molecular weight excluding hydrogens is 369 g/mol. The first kappa shape index (κ1) is 20.7. The van der Waals surface area contributed by atoms with Crippen LogP contribution in [0.2, 0.25) is 0 Å². The minimum atomic E-state index is -0.339. The van der Waals surface area contributed by atoms with Crippen LogP contribution in [0.4, 0.5) is 4.39 Å². The Morgan fingerprint density at radius 3 is 2.48 bits per heavy atom. The van der Waals surface area contributed by atoms with Gasteiger partial charge in [0.15, 0.2) is 0 Å². The maximum absolute atomic E-state index is 12.9. The molecule has 0 atom stereocenters. The molecule has 5 nitrogen and oxygen atoms in total. The van der Waals surface area contributed by atoms with Gasteiger partial charge >= 0.3 is 0 Å². The molecule has 0 radical (unpaired) electrons. The Labute approximate surface area is 170 Å². The van der Waals surface area contributed by atoms with E-state index in [9.17, 15) is 14.0 Å². The highest BCUT2D eigenvalue weighted by atomic mass is 19.1. The number of carbonyl (C=O) groups is 2. The monoisotopic (exact) mass is 395 g/mol. The first-order chi connectivity index (χ1) is 14.1. The van der Waals surface area contributed by atoms with Crippen LogP contribution in [-0.4, -0.2) is 29.9 Å². The summed E-state index contributed by atoms with van der Waals surface area (Å²) >= 11 is 0. The highest BCUT2D eigenvalue weighted by Crippen LogP contribution is 2.19. The van der Waals surface area contributed by atoms with Gasteiger partial charge in [0, 0.05) is 24.8 Å². The molecule has 0 saturated carbocycles. The molecule has 0 fully saturated rings. The van der Waals surface area contributed by atoms with Gasteiger partial charge in [0.2, 0.25) is 0 Å². The van der Waals surface area contributed by atoms with Crippen LogP contribution in [0.5, 0.6) is 0 Å². The number of amides is 2. The smallest absolute Gasteiger partial charge is 0.269 e. The normalized spacial score (nSPS) is 13.5. The maximum atomic E-state index is 12.9. The van der Waals surface area contributed by atoms with Crippen LogP contribution < -0.4 is 10.6 Å². The third kappa shape index (κ3) is 6.52. The molecule has 0 unspecified atom stereocenters. The lowest BCUT2D eigenvalue weighted by atomic mass is 9.97. The lowest BCUT2D eigenvalue weighted by Crippen LogP contribution is -2.28. The van der Waals surface area contributed by atoms with Crippen LogP contribution in [-0.2, 0) is 6.42 Å². The van der Waals surface area contributed by atoms with Gasteiger partial charge in [0.25, 0.3) is 11.8 Å². The second-order valence-electron chi connectivity index (χ2n) is 7.18. The predicted octanol–water partition coefficient (Wildman–Crippen LogP) is 3.81. The first-order valence-corrected chi connectivity index (χ1v) is 10.1. The molecule has 1 aromatic carbocycles. The number of benzene rings is 1. The molecule has 1 aliphatic carbocycles. The zero-order chi connectivity index (χ0) is 20.5. The number of hydrogen-bond donors (Lipinski definition) is 2. The minimum absolute atomic E-state index is 0.201. The van der Waals surface area contributed by atoms with Gasteiger partial charge in [-0.25, -0.2) is 4.39 Å². The van der Waals surface area contributed by atoms with Gasteiger partial charge in [-0.1, -0.05) is 23.8 Å². The highest BCUT2D eigenvalue weighted by molar-refractivity contribution is 5.98. The molecule has 0 aliphatic heterocycles. The largest absolute Gasteiger partial charge is 0.352 e. The Bertz CT molecular complexity index is 878. The molecule has 3 rings (SSSR count). The van der Waals surface area contributed by atoms with E-state index in [-0.39, 0.29) is 23.3 Å². The van der Waals surface area contributed by atoms with Crippen molar-refractivity contribution >= 4 is 11.8 Å². The van der Waals surface area contributed by atoms with E-state index in [0.717, 1.165) is 24.8 Å². The van der Waals surface area contributed by atoms with Crippen LogP contribution in [0.3, 0.4) is 0 Å². The lowest BCUT2D eigenvalue weighted by molar-refractivity contribution is 0.0949. The van der Waals surface area contributed by atoms with E-state index in [2.05, 4.69) is 21.7 Å². The molecule has 0 bridgehead atoms. The maximum Gasteiger partial charge on any atom is 0.269 e. The number of aromatic nitrogens is 1. The molecule has 2 aromatic rings. The average Bonchev–Trinajstić information content (AvgIpc) is 2.76. The molecular formula is C23H26FN3O2. The first-order valence-electron chi connectivity index (χ1n) is 10.1. The van der Waals surface area contributed by atoms with Crippen molar-refractivity contribution in [2.24, 2.45) is 0 Å². The molecule has 2 amide bonds. The van der Waals surface area contributed by atoms with Gasteiger partial charge in [0.1, 0.15) is 11.5 Å². The Morgan fingerprint density at radius 1 is 0.966 bits per heavy atom. The summed E-state index contributed by atoms with van der Waals surface area (Å²) < 4.78 is 12.9. The molecule has 1 aromatic heterocycles. The summed E-state index contributed by atoms with van der Waals surface area (Å²) in [6.45, 7) is 0.990. The Kier molecular flexibility index (Phi) is 7.50. The van der Waals surface area contributed by atoms with Crippen LogP contribution in [0.15, 0.2) is 54.2 Å². The summed E-state index contributed by atoms with van der Waals surface area (Å²) in [5.41, 5.74) is 2.96. The van der Waals surface area contributed by atoms with E-state index in [4.69, 9.17) is 0 Å². The second-order valence-corrected chi connectivity index (χ2v) is 7.18. The number of carbonyl (C=O) groups excluding carboxylic acids is 2. The van der Waals surface area contributed by atoms with Crippen molar-refractivity contribution in [2.45, 2.75) is 38.5 Å². The molecule has 6 heteroatoms. The van der Waals surface area contributed by atoms with Crippen molar-refractivity contribution in [3.05, 3.63) is 76.9 Å². The van der Waals surface area contributed by atoms with Crippen molar-refractivity contribution in [1.29, 1.82) is 0 Å². The van der Waals surface area contributed by atoms with E-state index >= 15 is 0 Å². The number of rotatable bonds is 8. The standard InChI is InChI=1S/C23H26FN3O2/c24-20-8-6-18(7-9-20)11-14-27-23(29)21-16-19(12-15-25-21)22(28)26-13-10-17-4-2-1-3-5-17/h4,6-9,12,15-16H,1-3,5,10-11,13-14H2,(H,26,28)(H,27,29). The zero-order valence-electron chi connectivity index (χ0n) is 16.4. The molecule has 1 heterocycles. The lowest BCUT2D eigenvalue weighted by Gasteiger charge is -2.13. The van der Waals surface area contributed by atoms with E-state index < -0.39 is 0 Å². The molecule has 2 N–H and O–H groups in total. The Hall–Kier alpha value is -3.02.